The molecule has 1 saturated carbocycles. The first-order valence-corrected chi connectivity index (χ1v) is 7.65. The Hall–Kier alpha value is -1.78. The number of esters is 1. The Balaban J connectivity index is 1.93. The van der Waals surface area contributed by atoms with Gasteiger partial charge < -0.3 is 14.2 Å². The summed E-state index contributed by atoms with van der Waals surface area (Å²) >= 11 is 0. The van der Waals surface area contributed by atoms with Crippen molar-refractivity contribution in [3.63, 3.8) is 0 Å². The fourth-order valence-electron chi connectivity index (χ4n) is 3.91. The highest BCUT2D eigenvalue weighted by atomic mass is 16.5. The average Bonchev–Trinajstić information content (AvgIpc) is 3.09. The molecule has 1 aliphatic carbocycles. The molecule has 5 nitrogen and oxygen atoms in total. The Morgan fingerprint density at radius 1 is 1.29 bits per heavy atom. The summed E-state index contributed by atoms with van der Waals surface area (Å²) in [6.07, 6.45) is 7.03. The van der Waals surface area contributed by atoms with Gasteiger partial charge in [0, 0.05) is 19.3 Å². The molecule has 2 fully saturated rings. The van der Waals surface area contributed by atoms with Crippen LogP contribution in [0.5, 0.6) is 0 Å². The van der Waals surface area contributed by atoms with E-state index in [9.17, 15) is 9.59 Å². The lowest BCUT2D eigenvalue weighted by Crippen LogP contribution is -2.47. The van der Waals surface area contributed by atoms with E-state index in [1.807, 2.05) is 29.9 Å². The largest absolute Gasteiger partial charge is 0.467 e. The molecule has 1 aliphatic heterocycles. The maximum atomic E-state index is 12.9. The number of ether oxygens (including phenoxy) is 1. The van der Waals surface area contributed by atoms with Gasteiger partial charge in [0.25, 0.3) is 5.91 Å². The number of carbonyl (C=O) groups excluding carboxylic acids is 2. The number of hydrogen-bond acceptors (Lipinski definition) is 3. The van der Waals surface area contributed by atoms with Crippen LogP contribution in [0.25, 0.3) is 0 Å². The number of aryl methyl sites for hydroxylation is 1. The topological polar surface area (TPSA) is 51.5 Å². The summed E-state index contributed by atoms with van der Waals surface area (Å²) in [6, 6.07) is 3.43. The predicted octanol–water partition coefficient (Wildman–Crippen LogP) is 1.97. The van der Waals surface area contributed by atoms with Crippen molar-refractivity contribution in [3.05, 3.63) is 24.0 Å². The number of hydrogen-bond donors (Lipinski definition) is 0. The molecule has 2 aliphatic rings. The lowest BCUT2D eigenvalue weighted by molar-refractivity contribution is -0.145. The monoisotopic (exact) mass is 290 g/mol. The Labute approximate surface area is 124 Å². The summed E-state index contributed by atoms with van der Waals surface area (Å²) in [6.45, 7) is 0. The summed E-state index contributed by atoms with van der Waals surface area (Å²) in [4.78, 5) is 26.8. The van der Waals surface area contributed by atoms with Crippen LogP contribution in [0.1, 0.15) is 42.6 Å². The van der Waals surface area contributed by atoms with Gasteiger partial charge in [-0.15, -0.1) is 0 Å². The number of methoxy groups -OCH3 is 1. The summed E-state index contributed by atoms with van der Waals surface area (Å²) < 4.78 is 6.74. The van der Waals surface area contributed by atoms with Crippen molar-refractivity contribution in [3.8, 4) is 0 Å². The van der Waals surface area contributed by atoms with Gasteiger partial charge in [-0.2, -0.15) is 0 Å². The molecule has 5 heteroatoms. The minimum atomic E-state index is -0.425. The van der Waals surface area contributed by atoms with Crippen molar-refractivity contribution in [2.45, 2.75) is 44.2 Å². The second kappa shape index (κ2) is 5.54. The van der Waals surface area contributed by atoms with E-state index in [-0.39, 0.29) is 17.9 Å². The van der Waals surface area contributed by atoms with Gasteiger partial charge in [-0.05, 0) is 37.3 Å². The highest BCUT2D eigenvalue weighted by molar-refractivity contribution is 5.96. The van der Waals surface area contributed by atoms with Crippen molar-refractivity contribution in [2.24, 2.45) is 13.0 Å². The summed E-state index contributed by atoms with van der Waals surface area (Å²) in [5, 5.41) is 0. The summed E-state index contributed by atoms with van der Waals surface area (Å²) in [5.41, 5.74) is 0.634. The molecule has 21 heavy (non-hydrogen) atoms. The third-order valence-corrected chi connectivity index (χ3v) is 4.96. The number of carbonyl (C=O) groups is 2. The second-order valence-corrected chi connectivity index (χ2v) is 6.10. The van der Waals surface area contributed by atoms with Crippen LogP contribution in [-0.4, -0.2) is 40.5 Å². The van der Waals surface area contributed by atoms with E-state index in [1.165, 1.54) is 13.5 Å². The highest BCUT2D eigenvalue weighted by Gasteiger charge is 2.48. The van der Waals surface area contributed by atoms with Crippen LogP contribution in [0, 0.1) is 5.92 Å². The van der Waals surface area contributed by atoms with E-state index in [1.54, 1.807) is 4.90 Å². The Bertz CT molecular complexity index is 551. The van der Waals surface area contributed by atoms with Crippen molar-refractivity contribution < 1.29 is 14.3 Å². The molecule has 3 atom stereocenters. The first-order valence-electron chi connectivity index (χ1n) is 7.65. The van der Waals surface area contributed by atoms with Gasteiger partial charge in [-0.25, -0.2) is 4.79 Å². The SMILES string of the molecule is COC(=O)[C@@H]1C[C@H]2CCCC[C@@H]2N1C(=O)c1cccn1C. The molecule has 0 bridgehead atoms. The van der Waals surface area contributed by atoms with Crippen molar-refractivity contribution in [1.29, 1.82) is 0 Å². The zero-order valence-electron chi connectivity index (χ0n) is 12.6. The molecule has 0 unspecified atom stereocenters. The predicted molar refractivity (Wildman–Crippen MR) is 77.7 cm³/mol. The molecular formula is C16H22N2O3. The Morgan fingerprint density at radius 3 is 2.71 bits per heavy atom. The van der Waals surface area contributed by atoms with Gasteiger partial charge in [0.1, 0.15) is 11.7 Å². The number of amides is 1. The van der Waals surface area contributed by atoms with Crippen LogP contribution in [0.4, 0.5) is 0 Å². The maximum absolute atomic E-state index is 12.9. The smallest absolute Gasteiger partial charge is 0.328 e. The fraction of sp³-hybridized carbons (Fsp3) is 0.625. The second-order valence-electron chi connectivity index (χ2n) is 6.10. The van der Waals surface area contributed by atoms with E-state index < -0.39 is 6.04 Å². The zero-order chi connectivity index (χ0) is 15.0. The summed E-state index contributed by atoms with van der Waals surface area (Å²) in [7, 11) is 3.25. The van der Waals surface area contributed by atoms with Crippen molar-refractivity contribution in [2.75, 3.05) is 7.11 Å². The van der Waals surface area contributed by atoms with Gasteiger partial charge in [0.15, 0.2) is 0 Å². The minimum Gasteiger partial charge on any atom is -0.467 e. The number of aromatic nitrogens is 1. The maximum Gasteiger partial charge on any atom is 0.328 e. The van der Waals surface area contributed by atoms with Gasteiger partial charge >= 0.3 is 5.97 Å². The quantitative estimate of drug-likeness (QED) is 0.783. The van der Waals surface area contributed by atoms with Gasteiger partial charge in [0.2, 0.25) is 0 Å². The molecule has 1 amide bonds. The minimum absolute atomic E-state index is 0.0488. The van der Waals surface area contributed by atoms with Gasteiger partial charge in [0.05, 0.1) is 7.11 Å². The lowest BCUT2D eigenvalue weighted by Gasteiger charge is -2.33. The molecule has 114 valence electrons. The molecule has 0 radical (unpaired) electrons. The van der Waals surface area contributed by atoms with E-state index in [2.05, 4.69) is 0 Å². The molecule has 0 spiro atoms. The molecule has 0 N–H and O–H groups in total. The Morgan fingerprint density at radius 2 is 2.05 bits per heavy atom. The molecule has 0 aromatic carbocycles. The van der Waals surface area contributed by atoms with Crippen LogP contribution < -0.4 is 0 Å². The van der Waals surface area contributed by atoms with E-state index in [0.29, 0.717) is 11.6 Å². The van der Waals surface area contributed by atoms with Crippen molar-refractivity contribution in [1.82, 2.24) is 9.47 Å². The van der Waals surface area contributed by atoms with E-state index in [4.69, 9.17) is 4.74 Å². The van der Waals surface area contributed by atoms with Crippen LogP contribution in [-0.2, 0) is 16.6 Å². The first-order chi connectivity index (χ1) is 10.1. The lowest BCUT2D eigenvalue weighted by atomic mass is 9.84. The molecule has 1 aromatic rings. The molecular weight excluding hydrogens is 268 g/mol. The summed E-state index contributed by atoms with van der Waals surface area (Å²) in [5.74, 6) is 0.103. The number of nitrogens with zero attached hydrogens (tertiary/aromatic N) is 2. The fourth-order valence-corrected chi connectivity index (χ4v) is 3.91. The molecule has 1 saturated heterocycles. The third-order valence-electron chi connectivity index (χ3n) is 4.96. The van der Waals surface area contributed by atoms with Crippen LogP contribution in [0.2, 0.25) is 0 Å². The van der Waals surface area contributed by atoms with E-state index >= 15 is 0 Å². The molecule has 2 heterocycles. The number of rotatable bonds is 2. The van der Waals surface area contributed by atoms with Crippen LogP contribution in [0.15, 0.2) is 18.3 Å². The molecule has 3 rings (SSSR count). The standard InChI is InChI=1S/C16H22N2O3/c1-17-9-5-8-13(17)15(19)18-12-7-4-3-6-11(12)10-14(18)16(20)21-2/h5,8-9,11-12,14H,3-4,6-7,10H2,1-2H3/t11-,12+,14+/m1/s1. The van der Waals surface area contributed by atoms with Crippen LogP contribution in [0.3, 0.4) is 0 Å². The third kappa shape index (κ3) is 2.34. The highest BCUT2D eigenvalue weighted by Crippen LogP contribution is 2.40. The zero-order valence-corrected chi connectivity index (χ0v) is 12.6. The van der Waals surface area contributed by atoms with E-state index in [0.717, 1.165) is 25.7 Å². The average molecular weight is 290 g/mol. The normalized spacial score (nSPS) is 28.3. The van der Waals surface area contributed by atoms with Gasteiger partial charge in [-0.3, -0.25) is 4.79 Å². The van der Waals surface area contributed by atoms with Crippen molar-refractivity contribution >= 4 is 11.9 Å². The van der Waals surface area contributed by atoms with Gasteiger partial charge in [-0.1, -0.05) is 12.8 Å². The first kappa shape index (κ1) is 14.2. The molecule has 1 aromatic heterocycles. The van der Waals surface area contributed by atoms with Crippen LogP contribution >= 0.6 is 0 Å². The Kier molecular flexibility index (Phi) is 3.74. The number of fused-ring (bicyclic) bond motifs is 1. The number of likely N-dealkylation sites (tertiary alicyclic amines) is 1.